The van der Waals surface area contributed by atoms with Crippen molar-refractivity contribution in [3.05, 3.63) is 59.2 Å². The minimum Gasteiger partial charge on any atom is -0.399 e. The minimum absolute atomic E-state index is 0.193. The fourth-order valence-corrected chi connectivity index (χ4v) is 1.95. The Balaban J connectivity index is 2.48. The number of anilines is 2. The van der Waals surface area contributed by atoms with Gasteiger partial charge >= 0.3 is 0 Å². The van der Waals surface area contributed by atoms with Gasteiger partial charge in [0, 0.05) is 11.4 Å². The largest absolute Gasteiger partial charge is 0.399 e. The van der Waals surface area contributed by atoms with Gasteiger partial charge < -0.3 is 17.2 Å². The molecule has 0 bridgehead atoms. The molecule has 88 valence electrons. The van der Waals surface area contributed by atoms with Gasteiger partial charge in [0.15, 0.2) is 0 Å². The first-order valence-electron chi connectivity index (χ1n) is 5.55. The van der Waals surface area contributed by atoms with Gasteiger partial charge in [0.2, 0.25) is 0 Å². The van der Waals surface area contributed by atoms with Gasteiger partial charge in [-0.3, -0.25) is 0 Å². The van der Waals surface area contributed by atoms with Crippen LogP contribution in [0.15, 0.2) is 42.5 Å². The van der Waals surface area contributed by atoms with Crippen LogP contribution in [0.25, 0.3) is 0 Å². The summed E-state index contributed by atoms with van der Waals surface area (Å²) in [6, 6.07) is 13.4. The second kappa shape index (κ2) is 4.47. The quantitative estimate of drug-likeness (QED) is 0.688. The van der Waals surface area contributed by atoms with Crippen LogP contribution in [0.3, 0.4) is 0 Å². The minimum atomic E-state index is -0.193. The number of hydrogen-bond donors (Lipinski definition) is 3. The van der Waals surface area contributed by atoms with Crippen LogP contribution in [-0.2, 0) is 0 Å². The van der Waals surface area contributed by atoms with Crippen molar-refractivity contribution in [2.24, 2.45) is 5.73 Å². The Kier molecular flexibility index (Phi) is 3.02. The van der Waals surface area contributed by atoms with Gasteiger partial charge in [0.1, 0.15) is 0 Å². The van der Waals surface area contributed by atoms with E-state index in [2.05, 4.69) is 0 Å². The van der Waals surface area contributed by atoms with Gasteiger partial charge in [-0.1, -0.05) is 30.3 Å². The first-order valence-corrected chi connectivity index (χ1v) is 5.55. The van der Waals surface area contributed by atoms with Gasteiger partial charge in [-0.15, -0.1) is 0 Å². The van der Waals surface area contributed by atoms with Crippen molar-refractivity contribution in [1.29, 1.82) is 0 Å². The third-order valence-corrected chi connectivity index (χ3v) is 3.00. The van der Waals surface area contributed by atoms with Crippen molar-refractivity contribution in [1.82, 2.24) is 0 Å². The van der Waals surface area contributed by atoms with Crippen LogP contribution in [0.1, 0.15) is 22.7 Å². The highest BCUT2D eigenvalue weighted by Crippen LogP contribution is 2.28. The molecule has 0 aliphatic heterocycles. The summed E-state index contributed by atoms with van der Waals surface area (Å²) in [5.74, 6) is 0. The maximum absolute atomic E-state index is 6.24. The first kappa shape index (κ1) is 11.5. The molecule has 3 heteroatoms. The maximum Gasteiger partial charge on any atom is 0.0555 e. The third-order valence-electron chi connectivity index (χ3n) is 3.00. The molecule has 2 aromatic rings. The smallest absolute Gasteiger partial charge is 0.0555 e. The van der Waals surface area contributed by atoms with Crippen LogP contribution in [0, 0.1) is 6.92 Å². The molecule has 6 N–H and O–H groups in total. The van der Waals surface area contributed by atoms with Crippen molar-refractivity contribution < 1.29 is 0 Å². The highest BCUT2D eigenvalue weighted by Gasteiger charge is 2.13. The van der Waals surface area contributed by atoms with Gasteiger partial charge in [0.25, 0.3) is 0 Å². The van der Waals surface area contributed by atoms with Crippen LogP contribution in [0.5, 0.6) is 0 Å². The van der Waals surface area contributed by atoms with Crippen molar-refractivity contribution in [3.8, 4) is 0 Å². The van der Waals surface area contributed by atoms with Gasteiger partial charge in [-0.05, 0) is 35.7 Å². The number of benzene rings is 2. The van der Waals surface area contributed by atoms with Crippen LogP contribution in [-0.4, -0.2) is 0 Å². The molecular weight excluding hydrogens is 210 g/mol. The molecule has 1 unspecified atom stereocenters. The van der Waals surface area contributed by atoms with E-state index in [1.54, 1.807) is 6.07 Å². The zero-order valence-corrected chi connectivity index (χ0v) is 9.85. The molecule has 2 rings (SSSR count). The summed E-state index contributed by atoms with van der Waals surface area (Å²) in [4.78, 5) is 0. The summed E-state index contributed by atoms with van der Waals surface area (Å²) in [5.41, 5.74) is 22.3. The number of hydrogen-bond acceptors (Lipinski definition) is 3. The van der Waals surface area contributed by atoms with E-state index in [1.807, 2.05) is 43.3 Å². The monoisotopic (exact) mass is 227 g/mol. The summed E-state index contributed by atoms with van der Waals surface area (Å²) in [6.45, 7) is 1.97. The fraction of sp³-hybridized carbons (Fsp3) is 0.143. The molecule has 0 aliphatic carbocycles. The molecule has 0 saturated carbocycles. The van der Waals surface area contributed by atoms with Crippen LogP contribution >= 0.6 is 0 Å². The fourth-order valence-electron chi connectivity index (χ4n) is 1.95. The van der Waals surface area contributed by atoms with E-state index in [0.717, 1.165) is 16.7 Å². The Morgan fingerprint density at radius 2 is 1.65 bits per heavy atom. The maximum atomic E-state index is 6.24. The van der Waals surface area contributed by atoms with E-state index in [1.165, 1.54) is 0 Å². The summed E-state index contributed by atoms with van der Waals surface area (Å²) < 4.78 is 0. The van der Waals surface area contributed by atoms with E-state index in [-0.39, 0.29) is 6.04 Å². The molecule has 0 radical (unpaired) electrons. The Labute approximate surface area is 101 Å². The molecule has 1 atom stereocenters. The van der Waals surface area contributed by atoms with Crippen LogP contribution in [0.4, 0.5) is 11.4 Å². The number of rotatable bonds is 2. The van der Waals surface area contributed by atoms with Gasteiger partial charge in [0.05, 0.1) is 6.04 Å². The molecule has 2 aromatic carbocycles. The Bertz CT molecular complexity index is 520. The zero-order chi connectivity index (χ0) is 12.4. The second-order valence-electron chi connectivity index (χ2n) is 4.21. The van der Waals surface area contributed by atoms with E-state index < -0.39 is 0 Å². The molecule has 0 fully saturated rings. The standard InChI is InChI=1S/C14H17N3/c1-9-12(7-11(15)8-13(9)16)14(17)10-5-3-2-4-6-10/h2-8,14H,15-17H2,1H3. The van der Waals surface area contributed by atoms with Gasteiger partial charge in [-0.25, -0.2) is 0 Å². The molecule has 0 saturated heterocycles. The molecule has 0 aliphatic rings. The second-order valence-corrected chi connectivity index (χ2v) is 4.21. The molecule has 0 aromatic heterocycles. The lowest BCUT2D eigenvalue weighted by molar-refractivity contribution is 0.863. The number of nitrogen functional groups attached to an aromatic ring is 2. The van der Waals surface area contributed by atoms with E-state index in [4.69, 9.17) is 17.2 Å². The van der Waals surface area contributed by atoms with Crippen molar-refractivity contribution in [2.45, 2.75) is 13.0 Å². The third kappa shape index (κ3) is 2.24. The normalized spacial score (nSPS) is 12.4. The number of nitrogens with two attached hydrogens (primary N) is 3. The lowest BCUT2D eigenvalue weighted by Crippen LogP contribution is -2.14. The van der Waals surface area contributed by atoms with Crippen LogP contribution in [0.2, 0.25) is 0 Å². The predicted octanol–water partition coefficient (Wildman–Crippen LogP) is 2.21. The van der Waals surface area contributed by atoms with E-state index in [0.29, 0.717) is 11.4 Å². The van der Waals surface area contributed by atoms with Crippen LogP contribution < -0.4 is 17.2 Å². The van der Waals surface area contributed by atoms with E-state index >= 15 is 0 Å². The highest BCUT2D eigenvalue weighted by molar-refractivity contribution is 5.61. The molecule has 0 amide bonds. The summed E-state index contributed by atoms with van der Waals surface area (Å²) in [5, 5.41) is 0. The molecule has 0 heterocycles. The molecule has 3 nitrogen and oxygen atoms in total. The average molecular weight is 227 g/mol. The highest BCUT2D eigenvalue weighted by atomic mass is 14.7. The van der Waals surface area contributed by atoms with Gasteiger partial charge in [-0.2, -0.15) is 0 Å². The lowest BCUT2D eigenvalue weighted by atomic mass is 9.94. The molecule has 0 spiro atoms. The Morgan fingerprint density at radius 1 is 1.00 bits per heavy atom. The average Bonchev–Trinajstić information content (AvgIpc) is 2.34. The predicted molar refractivity (Wildman–Crippen MR) is 72.5 cm³/mol. The Morgan fingerprint density at radius 3 is 2.29 bits per heavy atom. The van der Waals surface area contributed by atoms with Crippen molar-refractivity contribution in [2.75, 3.05) is 11.5 Å². The summed E-state index contributed by atoms with van der Waals surface area (Å²) in [6.07, 6.45) is 0. The van der Waals surface area contributed by atoms with E-state index in [9.17, 15) is 0 Å². The summed E-state index contributed by atoms with van der Waals surface area (Å²) >= 11 is 0. The SMILES string of the molecule is Cc1c(N)cc(N)cc1C(N)c1ccccc1. The van der Waals surface area contributed by atoms with Crippen molar-refractivity contribution >= 4 is 11.4 Å². The topological polar surface area (TPSA) is 78.1 Å². The van der Waals surface area contributed by atoms with Crippen molar-refractivity contribution in [3.63, 3.8) is 0 Å². The lowest BCUT2D eigenvalue weighted by Gasteiger charge is -2.17. The zero-order valence-electron chi connectivity index (χ0n) is 9.85. The summed E-state index contributed by atoms with van der Waals surface area (Å²) in [7, 11) is 0. The molecule has 17 heavy (non-hydrogen) atoms. The Hall–Kier alpha value is -2.00. The molecular formula is C14H17N3. The first-order chi connectivity index (χ1) is 8.09.